The third-order valence-electron chi connectivity index (χ3n) is 3.47. The Morgan fingerprint density at radius 1 is 1.53 bits per heavy atom. The molecule has 3 N–H and O–H groups in total. The fourth-order valence-electron chi connectivity index (χ4n) is 2.07. The summed E-state index contributed by atoms with van der Waals surface area (Å²) in [6.45, 7) is 2.93. The first kappa shape index (κ1) is 13.6. The molecule has 0 saturated heterocycles. The van der Waals surface area contributed by atoms with Crippen molar-refractivity contribution in [1.29, 1.82) is 0 Å². The molecule has 0 heterocycles. The third kappa shape index (κ3) is 4.11. The molecule has 1 aliphatic rings. The van der Waals surface area contributed by atoms with Gasteiger partial charge in [-0.15, -0.1) is 0 Å². The predicted molar refractivity (Wildman–Crippen MR) is 76.1 cm³/mol. The molecule has 0 radical (unpaired) electrons. The van der Waals surface area contributed by atoms with Gasteiger partial charge in [0.15, 0.2) is 0 Å². The molecule has 1 aromatic rings. The monoisotopic (exact) mass is 256 g/mol. The van der Waals surface area contributed by atoms with Crippen LogP contribution in [0.3, 0.4) is 0 Å². The Balaban J connectivity index is 1.90. The molecule has 1 fully saturated rings. The number of hydrogen-bond acceptors (Lipinski definition) is 2. The van der Waals surface area contributed by atoms with Crippen LogP contribution in [0.1, 0.15) is 30.9 Å². The molecule has 1 amide bonds. The molecule has 3 nitrogen and oxygen atoms in total. The normalized spacial score (nSPS) is 15.3. The van der Waals surface area contributed by atoms with Gasteiger partial charge in [-0.1, -0.05) is 30.9 Å². The smallest absolute Gasteiger partial charge is 0.223 e. The van der Waals surface area contributed by atoms with E-state index in [-0.39, 0.29) is 11.8 Å². The summed E-state index contributed by atoms with van der Waals surface area (Å²) in [6, 6.07) is 7.88. The van der Waals surface area contributed by atoms with E-state index in [4.69, 9.17) is 5.73 Å². The lowest BCUT2D eigenvalue weighted by atomic mass is 10.1. The van der Waals surface area contributed by atoms with Crippen molar-refractivity contribution in [2.75, 3.05) is 6.54 Å². The predicted octanol–water partition coefficient (Wildman–Crippen LogP) is 1.66. The van der Waals surface area contributed by atoms with Crippen molar-refractivity contribution in [1.82, 2.24) is 5.32 Å². The Kier molecular flexibility index (Phi) is 4.59. The van der Waals surface area contributed by atoms with E-state index >= 15 is 0 Å². The van der Waals surface area contributed by atoms with Gasteiger partial charge in [0.2, 0.25) is 5.91 Å². The fourth-order valence-corrected chi connectivity index (χ4v) is 2.07. The number of rotatable bonds is 4. The van der Waals surface area contributed by atoms with Gasteiger partial charge in [0, 0.05) is 18.0 Å². The zero-order valence-corrected chi connectivity index (χ0v) is 11.3. The number of nitrogens with one attached hydrogen (secondary N) is 1. The molecule has 100 valence electrons. The van der Waals surface area contributed by atoms with Crippen LogP contribution in [0.4, 0.5) is 0 Å². The summed E-state index contributed by atoms with van der Waals surface area (Å²) in [4.78, 5) is 11.9. The molecule has 0 aromatic heterocycles. The van der Waals surface area contributed by atoms with Crippen LogP contribution in [0.2, 0.25) is 0 Å². The SMILES string of the molecule is CC(C(=O)NCc1cccc(C#CCN)c1)C1CC1. The second-order valence-electron chi connectivity index (χ2n) is 5.05. The number of benzene rings is 1. The highest BCUT2D eigenvalue weighted by molar-refractivity contribution is 5.78. The zero-order valence-electron chi connectivity index (χ0n) is 11.3. The molecule has 1 unspecified atom stereocenters. The van der Waals surface area contributed by atoms with Gasteiger partial charge in [-0.25, -0.2) is 0 Å². The van der Waals surface area contributed by atoms with Crippen LogP contribution in [0.25, 0.3) is 0 Å². The number of carbonyl (C=O) groups excluding carboxylic acids is 1. The summed E-state index contributed by atoms with van der Waals surface area (Å²) >= 11 is 0. The minimum atomic E-state index is 0.139. The van der Waals surface area contributed by atoms with Crippen molar-refractivity contribution in [3.63, 3.8) is 0 Å². The van der Waals surface area contributed by atoms with Gasteiger partial charge in [0.05, 0.1) is 6.54 Å². The Labute approximate surface area is 114 Å². The highest BCUT2D eigenvalue weighted by Gasteiger charge is 2.32. The lowest BCUT2D eigenvalue weighted by molar-refractivity contribution is -0.125. The standard InChI is InChI=1S/C16H20N2O/c1-12(15-7-8-15)16(19)18-11-14-5-2-4-13(10-14)6-3-9-17/h2,4-5,10,12,15H,7-9,11,17H2,1H3,(H,18,19). The molecule has 0 spiro atoms. The largest absolute Gasteiger partial charge is 0.352 e. The van der Waals surface area contributed by atoms with Gasteiger partial charge in [0.1, 0.15) is 0 Å². The van der Waals surface area contributed by atoms with Gasteiger partial charge in [-0.3, -0.25) is 4.79 Å². The van der Waals surface area contributed by atoms with E-state index in [1.54, 1.807) is 0 Å². The zero-order chi connectivity index (χ0) is 13.7. The van der Waals surface area contributed by atoms with Crippen molar-refractivity contribution in [3.05, 3.63) is 35.4 Å². The van der Waals surface area contributed by atoms with Crippen LogP contribution < -0.4 is 11.1 Å². The number of nitrogens with two attached hydrogens (primary N) is 1. The first-order valence-electron chi connectivity index (χ1n) is 6.76. The van der Waals surface area contributed by atoms with Crippen molar-refractivity contribution >= 4 is 5.91 Å². The summed E-state index contributed by atoms with van der Waals surface area (Å²) in [5, 5.41) is 2.99. The number of carbonyl (C=O) groups is 1. The minimum Gasteiger partial charge on any atom is -0.352 e. The first-order valence-corrected chi connectivity index (χ1v) is 6.76. The molecule has 1 saturated carbocycles. The van der Waals surface area contributed by atoms with Crippen molar-refractivity contribution < 1.29 is 4.79 Å². The molecule has 2 rings (SSSR count). The van der Waals surface area contributed by atoms with Gasteiger partial charge in [0.25, 0.3) is 0 Å². The lowest BCUT2D eigenvalue weighted by Gasteiger charge is -2.11. The van der Waals surface area contributed by atoms with E-state index < -0.39 is 0 Å². The fraction of sp³-hybridized carbons (Fsp3) is 0.438. The second-order valence-corrected chi connectivity index (χ2v) is 5.05. The Morgan fingerprint density at radius 2 is 2.32 bits per heavy atom. The summed E-state index contributed by atoms with van der Waals surface area (Å²) in [5.74, 6) is 6.72. The van der Waals surface area contributed by atoms with E-state index in [0.717, 1.165) is 11.1 Å². The van der Waals surface area contributed by atoms with Crippen LogP contribution in [0.15, 0.2) is 24.3 Å². The van der Waals surface area contributed by atoms with E-state index in [1.165, 1.54) is 12.8 Å². The van der Waals surface area contributed by atoms with E-state index in [0.29, 0.717) is 19.0 Å². The van der Waals surface area contributed by atoms with Crippen LogP contribution in [-0.2, 0) is 11.3 Å². The topological polar surface area (TPSA) is 55.1 Å². The van der Waals surface area contributed by atoms with Crippen LogP contribution in [0.5, 0.6) is 0 Å². The van der Waals surface area contributed by atoms with Gasteiger partial charge in [-0.2, -0.15) is 0 Å². The lowest BCUT2D eigenvalue weighted by Crippen LogP contribution is -2.29. The van der Waals surface area contributed by atoms with Crippen molar-refractivity contribution in [2.24, 2.45) is 17.6 Å². The Hall–Kier alpha value is -1.79. The minimum absolute atomic E-state index is 0.139. The molecule has 3 heteroatoms. The van der Waals surface area contributed by atoms with Crippen molar-refractivity contribution in [3.8, 4) is 11.8 Å². The van der Waals surface area contributed by atoms with Gasteiger partial charge < -0.3 is 11.1 Å². The molecular weight excluding hydrogens is 236 g/mol. The third-order valence-corrected chi connectivity index (χ3v) is 3.47. The van der Waals surface area contributed by atoms with Crippen molar-refractivity contribution in [2.45, 2.75) is 26.3 Å². The summed E-state index contributed by atoms with van der Waals surface area (Å²) in [6.07, 6.45) is 2.39. The second kappa shape index (κ2) is 6.40. The van der Waals surface area contributed by atoms with E-state index in [1.807, 2.05) is 31.2 Å². The highest BCUT2D eigenvalue weighted by atomic mass is 16.1. The molecule has 1 aliphatic carbocycles. The maximum atomic E-state index is 11.9. The van der Waals surface area contributed by atoms with Gasteiger partial charge in [-0.05, 0) is 36.5 Å². The summed E-state index contributed by atoms with van der Waals surface area (Å²) in [7, 11) is 0. The van der Waals surface area contributed by atoms with Crippen LogP contribution in [0, 0.1) is 23.7 Å². The van der Waals surface area contributed by atoms with E-state index in [9.17, 15) is 4.79 Å². The maximum Gasteiger partial charge on any atom is 0.223 e. The first-order chi connectivity index (χ1) is 9.20. The molecule has 19 heavy (non-hydrogen) atoms. The molecule has 1 aromatic carbocycles. The number of hydrogen-bond donors (Lipinski definition) is 2. The average molecular weight is 256 g/mol. The average Bonchev–Trinajstić information content (AvgIpc) is 3.26. The maximum absolute atomic E-state index is 11.9. The summed E-state index contributed by atoms with van der Waals surface area (Å²) in [5.41, 5.74) is 7.36. The molecule has 0 aliphatic heterocycles. The van der Waals surface area contributed by atoms with Crippen LogP contribution in [-0.4, -0.2) is 12.5 Å². The Bertz CT molecular complexity index is 509. The number of amides is 1. The van der Waals surface area contributed by atoms with Crippen LogP contribution >= 0.6 is 0 Å². The van der Waals surface area contributed by atoms with E-state index in [2.05, 4.69) is 17.2 Å². The highest BCUT2D eigenvalue weighted by Crippen LogP contribution is 2.36. The Morgan fingerprint density at radius 3 is 3.00 bits per heavy atom. The molecule has 1 atom stereocenters. The molecule has 0 bridgehead atoms. The molecular formula is C16H20N2O. The summed E-state index contributed by atoms with van der Waals surface area (Å²) < 4.78 is 0. The quantitative estimate of drug-likeness (QED) is 0.805. The van der Waals surface area contributed by atoms with Gasteiger partial charge >= 0.3 is 0 Å².